The molecule has 0 saturated carbocycles. The number of hydrogen-bond donors (Lipinski definition) is 1. The maximum absolute atomic E-state index is 14.3. The molecule has 6 nitrogen and oxygen atoms in total. The van der Waals surface area contributed by atoms with Crippen LogP contribution < -0.4 is 10.1 Å². The number of nitrogens with zero attached hydrogens (tertiary/aromatic N) is 1. The highest BCUT2D eigenvalue weighted by molar-refractivity contribution is 6.23. The first-order chi connectivity index (χ1) is 18.0. The summed E-state index contributed by atoms with van der Waals surface area (Å²) in [5, 5.41) is 17.5. The third kappa shape index (κ3) is 4.29. The molecule has 0 aliphatic heterocycles. The number of ketones is 1. The average Bonchev–Trinajstić information content (AvgIpc) is 2.95. The van der Waals surface area contributed by atoms with Crippen LogP contribution in [0.3, 0.4) is 0 Å². The number of fused-ring (bicyclic) bond motifs is 1. The Labute approximate surface area is 214 Å². The van der Waals surface area contributed by atoms with Gasteiger partial charge < -0.3 is 10.1 Å². The van der Waals surface area contributed by atoms with Crippen LogP contribution in [0, 0.1) is 10.1 Å². The number of anilines is 1. The molecule has 5 aromatic rings. The van der Waals surface area contributed by atoms with Gasteiger partial charge in [-0.1, -0.05) is 84.9 Å². The zero-order valence-corrected chi connectivity index (χ0v) is 20.4. The number of benzene rings is 5. The Morgan fingerprint density at radius 2 is 1.51 bits per heavy atom. The second-order valence-corrected chi connectivity index (χ2v) is 8.53. The van der Waals surface area contributed by atoms with Gasteiger partial charge in [0.1, 0.15) is 5.75 Å². The van der Waals surface area contributed by atoms with Gasteiger partial charge in [0.2, 0.25) is 0 Å². The molecule has 37 heavy (non-hydrogen) atoms. The van der Waals surface area contributed by atoms with Gasteiger partial charge in [0.15, 0.2) is 5.78 Å². The van der Waals surface area contributed by atoms with Crippen LogP contribution in [0.4, 0.5) is 11.4 Å². The summed E-state index contributed by atoms with van der Waals surface area (Å²) in [6.45, 7) is 0. The van der Waals surface area contributed by atoms with Crippen LogP contribution in [0.15, 0.2) is 103 Å². The third-order valence-electron chi connectivity index (χ3n) is 6.48. The minimum absolute atomic E-state index is 0.126. The largest absolute Gasteiger partial charge is 0.497 e. The van der Waals surface area contributed by atoms with Crippen LogP contribution in [0.2, 0.25) is 0 Å². The van der Waals surface area contributed by atoms with Crippen molar-refractivity contribution in [2.45, 2.75) is 0 Å². The van der Waals surface area contributed by atoms with Crippen molar-refractivity contribution in [1.29, 1.82) is 0 Å². The Hall–Kier alpha value is -4.97. The predicted molar refractivity (Wildman–Crippen MR) is 147 cm³/mol. The summed E-state index contributed by atoms with van der Waals surface area (Å²) in [7, 11) is 3.27. The second-order valence-electron chi connectivity index (χ2n) is 8.53. The van der Waals surface area contributed by atoms with Gasteiger partial charge in [-0.2, -0.15) is 0 Å². The second kappa shape index (κ2) is 9.95. The van der Waals surface area contributed by atoms with Crippen molar-refractivity contribution in [2.75, 3.05) is 19.5 Å². The lowest BCUT2D eigenvalue weighted by Gasteiger charge is -2.19. The van der Waals surface area contributed by atoms with Crippen LogP contribution in [0.5, 0.6) is 5.75 Å². The van der Waals surface area contributed by atoms with E-state index >= 15 is 0 Å². The highest BCUT2D eigenvalue weighted by atomic mass is 16.6. The monoisotopic (exact) mass is 488 g/mol. The SMILES string of the molecule is CNc1cc(-c2ccccc2)c([N+](=O)[O-])c(-c2ccc(OC)cc2)c1C(=O)c1cccc2ccccc12. The van der Waals surface area contributed by atoms with Crippen LogP contribution in [-0.2, 0) is 0 Å². The highest BCUT2D eigenvalue weighted by Crippen LogP contribution is 2.46. The van der Waals surface area contributed by atoms with Crippen molar-refractivity contribution >= 4 is 27.9 Å². The number of nitro groups is 1. The first-order valence-electron chi connectivity index (χ1n) is 11.8. The molecule has 0 bridgehead atoms. The van der Waals surface area contributed by atoms with E-state index in [1.54, 1.807) is 50.6 Å². The molecule has 0 unspecified atom stereocenters. The van der Waals surface area contributed by atoms with E-state index in [1.807, 2.05) is 66.7 Å². The number of methoxy groups -OCH3 is 1. The van der Waals surface area contributed by atoms with Crippen molar-refractivity contribution in [3.8, 4) is 28.0 Å². The normalized spacial score (nSPS) is 10.8. The summed E-state index contributed by atoms with van der Waals surface area (Å²) in [5.74, 6) is 0.316. The van der Waals surface area contributed by atoms with Crippen molar-refractivity contribution in [3.05, 3.63) is 124 Å². The van der Waals surface area contributed by atoms with Crippen LogP contribution in [-0.4, -0.2) is 24.9 Å². The Morgan fingerprint density at radius 3 is 2.19 bits per heavy atom. The predicted octanol–water partition coefficient (Wildman–Crippen LogP) is 7.36. The van der Waals surface area contributed by atoms with Gasteiger partial charge in [-0.05, 0) is 40.1 Å². The van der Waals surface area contributed by atoms with Crippen molar-refractivity contribution in [3.63, 3.8) is 0 Å². The fourth-order valence-corrected chi connectivity index (χ4v) is 4.73. The lowest BCUT2D eigenvalue weighted by molar-refractivity contribution is -0.383. The van der Waals surface area contributed by atoms with Gasteiger partial charge in [-0.25, -0.2) is 0 Å². The topological polar surface area (TPSA) is 81.5 Å². The van der Waals surface area contributed by atoms with Crippen molar-refractivity contribution < 1.29 is 14.5 Å². The third-order valence-corrected chi connectivity index (χ3v) is 6.48. The van der Waals surface area contributed by atoms with Crippen LogP contribution in [0.25, 0.3) is 33.0 Å². The Kier molecular flexibility index (Phi) is 6.39. The lowest BCUT2D eigenvalue weighted by atomic mass is 9.86. The van der Waals surface area contributed by atoms with E-state index in [9.17, 15) is 14.9 Å². The Morgan fingerprint density at radius 1 is 0.838 bits per heavy atom. The lowest BCUT2D eigenvalue weighted by Crippen LogP contribution is -2.11. The number of nitrogens with one attached hydrogen (secondary N) is 1. The molecule has 182 valence electrons. The van der Waals surface area contributed by atoms with Crippen LogP contribution >= 0.6 is 0 Å². The van der Waals surface area contributed by atoms with E-state index in [1.165, 1.54) is 0 Å². The number of ether oxygens (including phenoxy) is 1. The Balaban J connectivity index is 1.89. The van der Waals surface area contributed by atoms with Gasteiger partial charge in [0, 0.05) is 18.3 Å². The molecule has 5 rings (SSSR count). The number of carbonyl (C=O) groups excluding carboxylic acids is 1. The molecule has 0 saturated heterocycles. The molecule has 0 spiro atoms. The van der Waals surface area contributed by atoms with Crippen LogP contribution in [0.1, 0.15) is 15.9 Å². The summed E-state index contributed by atoms with van der Waals surface area (Å²) in [5.41, 5.74) is 3.02. The standard InChI is InChI=1S/C31H24N2O4/c1-32-27-19-26(21-9-4-3-5-10-21)30(33(35)36)28(22-15-17-23(37-2)18-16-22)29(27)31(34)25-14-8-12-20-11-6-7-13-24(20)25/h3-19,32H,1-2H3. The molecule has 0 aromatic heterocycles. The quantitative estimate of drug-likeness (QED) is 0.147. The summed E-state index contributed by atoms with van der Waals surface area (Å²) in [6, 6.07) is 31.0. The molecular weight excluding hydrogens is 464 g/mol. The van der Waals surface area contributed by atoms with Crippen molar-refractivity contribution in [2.24, 2.45) is 0 Å². The van der Waals surface area contributed by atoms with E-state index < -0.39 is 4.92 Å². The number of nitro benzene ring substituents is 1. The molecule has 0 fully saturated rings. The average molecular weight is 489 g/mol. The Bertz CT molecular complexity index is 1620. The zero-order chi connectivity index (χ0) is 25.9. The summed E-state index contributed by atoms with van der Waals surface area (Å²) >= 11 is 0. The molecule has 0 amide bonds. The zero-order valence-electron chi connectivity index (χ0n) is 20.4. The van der Waals surface area contributed by atoms with E-state index in [0.29, 0.717) is 33.7 Å². The minimum Gasteiger partial charge on any atom is -0.497 e. The molecule has 0 radical (unpaired) electrons. The molecule has 5 aromatic carbocycles. The number of rotatable bonds is 7. The molecule has 0 aliphatic rings. The highest BCUT2D eigenvalue weighted by Gasteiger charge is 2.32. The van der Waals surface area contributed by atoms with Gasteiger partial charge in [-0.3, -0.25) is 14.9 Å². The molecule has 6 heteroatoms. The maximum atomic E-state index is 14.3. The van der Waals surface area contributed by atoms with Gasteiger partial charge >= 0.3 is 0 Å². The van der Waals surface area contributed by atoms with E-state index in [0.717, 1.165) is 10.8 Å². The molecule has 0 heterocycles. The molecule has 0 aliphatic carbocycles. The summed E-state index contributed by atoms with van der Waals surface area (Å²) in [6.07, 6.45) is 0. The fourth-order valence-electron chi connectivity index (χ4n) is 4.73. The fraction of sp³-hybridized carbons (Fsp3) is 0.0645. The van der Waals surface area contributed by atoms with Crippen molar-refractivity contribution in [1.82, 2.24) is 0 Å². The number of carbonyl (C=O) groups is 1. The number of hydrogen-bond acceptors (Lipinski definition) is 5. The first-order valence-corrected chi connectivity index (χ1v) is 11.8. The summed E-state index contributed by atoms with van der Waals surface area (Å²) < 4.78 is 5.30. The van der Waals surface area contributed by atoms with Gasteiger partial charge in [0.05, 0.1) is 28.7 Å². The molecule has 0 atom stereocenters. The summed E-state index contributed by atoms with van der Waals surface area (Å²) in [4.78, 5) is 26.6. The van der Waals surface area contributed by atoms with E-state index in [2.05, 4.69) is 5.32 Å². The smallest absolute Gasteiger partial charge is 0.285 e. The molecular formula is C31H24N2O4. The van der Waals surface area contributed by atoms with E-state index in [4.69, 9.17) is 4.74 Å². The van der Waals surface area contributed by atoms with Gasteiger partial charge in [-0.15, -0.1) is 0 Å². The first kappa shape index (κ1) is 23.8. The van der Waals surface area contributed by atoms with Gasteiger partial charge in [0.25, 0.3) is 5.69 Å². The van der Waals surface area contributed by atoms with E-state index in [-0.39, 0.29) is 22.6 Å². The molecule has 1 N–H and O–H groups in total. The minimum atomic E-state index is -0.402. The maximum Gasteiger partial charge on any atom is 0.285 e.